The molecule has 1 aromatic carbocycles. The van der Waals surface area contributed by atoms with Crippen LogP contribution in [0, 0.1) is 6.92 Å². The van der Waals surface area contributed by atoms with Gasteiger partial charge in [-0.25, -0.2) is 4.98 Å². The van der Waals surface area contributed by atoms with Gasteiger partial charge in [0.1, 0.15) is 5.82 Å². The lowest BCUT2D eigenvalue weighted by atomic mass is 10.2. The molecular weight excluding hydrogens is 240 g/mol. The molecule has 0 atom stereocenters. The van der Waals surface area contributed by atoms with E-state index in [9.17, 15) is 5.11 Å². The van der Waals surface area contributed by atoms with Crippen LogP contribution in [0.25, 0.3) is 0 Å². The second kappa shape index (κ2) is 5.61. The van der Waals surface area contributed by atoms with Gasteiger partial charge in [-0.1, -0.05) is 12.1 Å². The molecule has 100 valence electrons. The van der Waals surface area contributed by atoms with E-state index in [2.05, 4.69) is 4.98 Å². The van der Waals surface area contributed by atoms with Gasteiger partial charge in [0.25, 0.3) is 0 Å². The number of phenols is 1. The first-order chi connectivity index (χ1) is 9.10. The Bertz CT molecular complexity index is 570. The number of pyridine rings is 1. The molecule has 1 aromatic heterocycles. The number of hydrogen-bond acceptors (Lipinski definition) is 4. The second-order valence-corrected chi connectivity index (χ2v) is 4.50. The summed E-state index contributed by atoms with van der Waals surface area (Å²) in [7, 11) is 3.51. The highest BCUT2D eigenvalue weighted by Gasteiger charge is 2.06. The number of nitrogens with zero attached hydrogens (tertiary/aromatic N) is 2. The number of rotatable bonds is 4. The third kappa shape index (κ3) is 3.16. The molecule has 2 aromatic rings. The smallest absolute Gasteiger partial charge is 0.160 e. The fourth-order valence-corrected chi connectivity index (χ4v) is 1.93. The lowest BCUT2D eigenvalue weighted by Gasteiger charge is -2.19. The number of aryl methyl sites for hydroxylation is 1. The molecule has 0 fully saturated rings. The largest absolute Gasteiger partial charge is 0.504 e. The lowest BCUT2D eigenvalue weighted by molar-refractivity contribution is 0.373. The molecule has 0 spiro atoms. The highest BCUT2D eigenvalue weighted by molar-refractivity contribution is 5.44. The number of hydrogen-bond donors (Lipinski definition) is 1. The summed E-state index contributed by atoms with van der Waals surface area (Å²) >= 11 is 0. The molecule has 0 saturated carbocycles. The Kier molecular flexibility index (Phi) is 3.90. The minimum atomic E-state index is 0.158. The molecule has 0 saturated heterocycles. The van der Waals surface area contributed by atoms with Crippen LogP contribution >= 0.6 is 0 Å². The van der Waals surface area contributed by atoms with Crippen molar-refractivity contribution in [2.45, 2.75) is 13.5 Å². The summed E-state index contributed by atoms with van der Waals surface area (Å²) in [5.74, 6) is 1.56. The monoisotopic (exact) mass is 258 g/mol. The topological polar surface area (TPSA) is 45.6 Å². The molecule has 0 aliphatic heterocycles. The fourth-order valence-electron chi connectivity index (χ4n) is 1.93. The zero-order valence-electron chi connectivity index (χ0n) is 11.4. The molecular formula is C15H18N2O2. The predicted molar refractivity (Wildman–Crippen MR) is 75.7 cm³/mol. The first-order valence-corrected chi connectivity index (χ1v) is 6.11. The van der Waals surface area contributed by atoms with Crippen molar-refractivity contribution in [3.63, 3.8) is 0 Å². The number of aromatic nitrogens is 1. The van der Waals surface area contributed by atoms with Gasteiger partial charge < -0.3 is 14.7 Å². The van der Waals surface area contributed by atoms with E-state index in [4.69, 9.17) is 4.74 Å². The zero-order chi connectivity index (χ0) is 13.8. The summed E-state index contributed by atoms with van der Waals surface area (Å²) in [6, 6.07) is 11.3. The molecule has 4 heteroatoms. The highest BCUT2D eigenvalue weighted by atomic mass is 16.5. The van der Waals surface area contributed by atoms with Gasteiger partial charge >= 0.3 is 0 Å². The Morgan fingerprint density at radius 2 is 2.05 bits per heavy atom. The average Bonchev–Trinajstić information content (AvgIpc) is 2.39. The van der Waals surface area contributed by atoms with E-state index in [1.54, 1.807) is 12.1 Å². The molecule has 0 unspecified atom stereocenters. The number of benzene rings is 1. The molecule has 0 bridgehead atoms. The van der Waals surface area contributed by atoms with Crippen LogP contribution in [-0.4, -0.2) is 24.2 Å². The Morgan fingerprint density at radius 3 is 2.68 bits per heavy atom. The molecule has 1 N–H and O–H groups in total. The molecule has 4 nitrogen and oxygen atoms in total. The van der Waals surface area contributed by atoms with Crippen molar-refractivity contribution in [1.82, 2.24) is 4.98 Å². The van der Waals surface area contributed by atoms with Crippen LogP contribution in [0.5, 0.6) is 11.5 Å². The van der Waals surface area contributed by atoms with Gasteiger partial charge in [-0.3, -0.25) is 0 Å². The molecule has 19 heavy (non-hydrogen) atoms. The Morgan fingerprint density at radius 1 is 1.26 bits per heavy atom. The number of anilines is 1. The minimum absolute atomic E-state index is 0.158. The van der Waals surface area contributed by atoms with E-state index in [0.717, 1.165) is 17.1 Å². The molecule has 0 aliphatic rings. The van der Waals surface area contributed by atoms with Crippen LogP contribution in [0.4, 0.5) is 5.82 Å². The first kappa shape index (κ1) is 13.2. The summed E-state index contributed by atoms with van der Waals surface area (Å²) in [5, 5.41) is 9.76. The normalized spacial score (nSPS) is 10.3. The maximum Gasteiger partial charge on any atom is 0.160 e. The van der Waals surface area contributed by atoms with Crippen LogP contribution in [0.3, 0.4) is 0 Å². The van der Waals surface area contributed by atoms with Gasteiger partial charge in [0.2, 0.25) is 0 Å². The van der Waals surface area contributed by atoms with Crippen LogP contribution in [0.2, 0.25) is 0 Å². The van der Waals surface area contributed by atoms with Crippen molar-refractivity contribution in [3.8, 4) is 11.5 Å². The van der Waals surface area contributed by atoms with E-state index in [1.807, 2.05) is 43.1 Å². The van der Waals surface area contributed by atoms with E-state index in [1.165, 1.54) is 7.11 Å². The summed E-state index contributed by atoms with van der Waals surface area (Å²) in [4.78, 5) is 6.50. The SMILES string of the molecule is COc1ccc(CN(C)c2cccc(C)n2)cc1O. The summed E-state index contributed by atoms with van der Waals surface area (Å²) in [6.07, 6.45) is 0. The average molecular weight is 258 g/mol. The van der Waals surface area contributed by atoms with E-state index in [-0.39, 0.29) is 5.75 Å². The Labute approximate surface area is 113 Å². The maximum absolute atomic E-state index is 9.76. The number of phenolic OH excluding ortho intramolecular Hbond substituents is 1. The van der Waals surface area contributed by atoms with E-state index in [0.29, 0.717) is 12.3 Å². The minimum Gasteiger partial charge on any atom is -0.504 e. The Balaban J connectivity index is 2.14. The highest BCUT2D eigenvalue weighted by Crippen LogP contribution is 2.27. The van der Waals surface area contributed by atoms with Gasteiger partial charge in [-0.2, -0.15) is 0 Å². The summed E-state index contributed by atoms with van der Waals surface area (Å²) in [6.45, 7) is 2.64. The van der Waals surface area contributed by atoms with Crippen LogP contribution < -0.4 is 9.64 Å². The van der Waals surface area contributed by atoms with Gasteiger partial charge in [0.05, 0.1) is 7.11 Å². The van der Waals surface area contributed by atoms with Crippen molar-refractivity contribution in [2.24, 2.45) is 0 Å². The van der Waals surface area contributed by atoms with E-state index >= 15 is 0 Å². The van der Waals surface area contributed by atoms with E-state index < -0.39 is 0 Å². The number of aromatic hydroxyl groups is 1. The summed E-state index contributed by atoms with van der Waals surface area (Å²) in [5.41, 5.74) is 1.99. The second-order valence-electron chi connectivity index (χ2n) is 4.50. The third-order valence-corrected chi connectivity index (χ3v) is 2.93. The van der Waals surface area contributed by atoms with Crippen molar-refractivity contribution in [1.29, 1.82) is 0 Å². The molecule has 0 amide bonds. The van der Waals surface area contributed by atoms with Crippen LogP contribution in [0.15, 0.2) is 36.4 Å². The fraction of sp³-hybridized carbons (Fsp3) is 0.267. The standard InChI is InChI=1S/C15H18N2O2/c1-11-5-4-6-15(16-11)17(2)10-12-7-8-14(19-3)13(18)9-12/h4-9,18H,10H2,1-3H3. The molecule has 0 aliphatic carbocycles. The van der Waals surface area contributed by atoms with Crippen molar-refractivity contribution in [3.05, 3.63) is 47.7 Å². The van der Waals surface area contributed by atoms with Gasteiger partial charge in [-0.05, 0) is 36.8 Å². The first-order valence-electron chi connectivity index (χ1n) is 6.11. The predicted octanol–water partition coefficient (Wildman–Crippen LogP) is 2.74. The number of ether oxygens (including phenoxy) is 1. The lowest BCUT2D eigenvalue weighted by Crippen LogP contribution is -2.17. The zero-order valence-corrected chi connectivity index (χ0v) is 11.4. The van der Waals surface area contributed by atoms with Gasteiger partial charge in [-0.15, -0.1) is 0 Å². The molecule has 2 rings (SSSR count). The maximum atomic E-state index is 9.76. The number of methoxy groups -OCH3 is 1. The quantitative estimate of drug-likeness (QED) is 0.916. The van der Waals surface area contributed by atoms with Crippen LogP contribution in [0.1, 0.15) is 11.3 Å². The van der Waals surface area contributed by atoms with Crippen molar-refractivity contribution in [2.75, 3.05) is 19.1 Å². The molecule has 0 radical (unpaired) electrons. The Hall–Kier alpha value is -2.23. The summed E-state index contributed by atoms with van der Waals surface area (Å²) < 4.78 is 5.03. The molecule has 1 heterocycles. The van der Waals surface area contributed by atoms with Crippen LogP contribution in [-0.2, 0) is 6.54 Å². The van der Waals surface area contributed by atoms with Crippen molar-refractivity contribution < 1.29 is 9.84 Å². The van der Waals surface area contributed by atoms with Crippen molar-refractivity contribution >= 4 is 5.82 Å². The van der Waals surface area contributed by atoms with Gasteiger partial charge in [0, 0.05) is 19.3 Å². The van der Waals surface area contributed by atoms with Gasteiger partial charge in [0.15, 0.2) is 11.5 Å². The third-order valence-electron chi connectivity index (χ3n) is 2.93.